The van der Waals surface area contributed by atoms with Crippen LogP contribution in [0.1, 0.15) is 23.7 Å². The highest BCUT2D eigenvalue weighted by Crippen LogP contribution is 2.48. The molecule has 1 aromatic heterocycles. The molecule has 3 fully saturated rings. The molecule has 0 radical (unpaired) electrons. The fourth-order valence-electron chi connectivity index (χ4n) is 6.65. The third kappa shape index (κ3) is 3.86. The van der Waals surface area contributed by atoms with E-state index in [1.165, 1.54) is 22.2 Å². The summed E-state index contributed by atoms with van der Waals surface area (Å²) in [5.41, 5.74) is 3.89. The standard InChI is InChI=1S/C26H34N2O7/c1-2-14-17-9-19-21-16(15-5-3-4-6-18(15)27-21)7-8-28(19)10-13(17)12-33-25(14)35-26-24(32)23(31)22(30)20(11-29)34-26/h2-6,13-14,17,19-20,22-27,29-32H,1,7-12H2. The summed E-state index contributed by atoms with van der Waals surface area (Å²) in [4.78, 5) is 6.25. The van der Waals surface area contributed by atoms with Crippen molar-refractivity contribution in [3.63, 3.8) is 0 Å². The maximum atomic E-state index is 10.4. The average molecular weight is 487 g/mol. The Hall–Kier alpha value is -1.82. The number of aliphatic hydroxyl groups is 4. The number of aliphatic hydroxyl groups excluding tert-OH is 4. The summed E-state index contributed by atoms with van der Waals surface area (Å²) < 4.78 is 17.7. The minimum atomic E-state index is -1.49. The number of hydrogen-bond acceptors (Lipinski definition) is 8. The van der Waals surface area contributed by atoms with Crippen LogP contribution in [0.4, 0.5) is 0 Å². The number of para-hydroxylation sites is 1. The monoisotopic (exact) mass is 486 g/mol. The van der Waals surface area contributed by atoms with Crippen LogP contribution in [0.25, 0.3) is 10.9 Å². The van der Waals surface area contributed by atoms with Gasteiger partial charge in [-0.05, 0) is 36.3 Å². The molecule has 9 nitrogen and oxygen atoms in total. The van der Waals surface area contributed by atoms with Gasteiger partial charge in [0.25, 0.3) is 0 Å². The zero-order chi connectivity index (χ0) is 24.3. The maximum Gasteiger partial charge on any atom is 0.189 e. The second-order valence-corrected chi connectivity index (χ2v) is 10.3. The van der Waals surface area contributed by atoms with Gasteiger partial charge < -0.3 is 39.6 Å². The zero-order valence-electron chi connectivity index (χ0n) is 19.6. The highest BCUT2D eigenvalue weighted by molar-refractivity contribution is 5.85. The molecular weight excluding hydrogens is 452 g/mol. The predicted octanol–water partition coefficient (Wildman–Crippen LogP) is 0.678. The molecule has 0 bridgehead atoms. The van der Waals surface area contributed by atoms with Crippen molar-refractivity contribution in [2.24, 2.45) is 17.8 Å². The number of hydrogen-bond donors (Lipinski definition) is 5. The Kier molecular flexibility index (Phi) is 6.22. The van der Waals surface area contributed by atoms with Crippen LogP contribution >= 0.6 is 0 Å². The van der Waals surface area contributed by atoms with E-state index in [9.17, 15) is 20.4 Å². The first kappa shape index (κ1) is 23.6. The van der Waals surface area contributed by atoms with Crippen LogP contribution in [-0.4, -0.2) is 93.6 Å². The number of H-pyrrole nitrogens is 1. The SMILES string of the molecule is C=CC1C(OC2OC(CO)C(O)C(O)C2O)OCC2CN3CCc4c([nH]c5ccccc45)C3CC21. The van der Waals surface area contributed by atoms with Gasteiger partial charge in [-0.3, -0.25) is 4.90 Å². The number of ether oxygens (including phenoxy) is 3. The lowest BCUT2D eigenvalue weighted by Gasteiger charge is -2.52. The Morgan fingerprint density at radius 2 is 1.97 bits per heavy atom. The summed E-state index contributed by atoms with van der Waals surface area (Å²) in [6.45, 7) is 6.03. The van der Waals surface area contributed by atoms with Crippen LogP contribution in [0.15, 0.2) is 36.9 Å². The van der Waals surface area contributed by atoms with Gasteiger partial charge in [0, 0.05) is 35.6 Å². The van der Waals surface area contributed by atoms with Gasteiger partial charge in [-0.25, -0.2) is 0 Å². The van der Waals surface area contributed by atoms with Crippen LogP contribution < -0.4 is 0 Å². The number of fused-ring (bicyclic) bond motifs is 6. The van der Waals surface area contributed by atoms with Crippen molar-refractivity contribution in [1.29, 1.82) is 0 Å². The van der Waals surface area contributed by atoms with Crippen molar-refractivity contribution < 1.29 is 34.6 Å². The van der Waals surface area contributed by atoms with Crippen LogP contribution in [0.3, 0.4) is 0 Å². The maximum absolute atomic E-state index is 10.4. The van der Waals surface area contributed by atoms with Crippen LogP contribution in [0, 0.1) is 17.8 Å². The minimum Gasteiger partial charge on any atom is -0.394 e. The average Bonchev–Trinajstić information content (AvgIpc) is 3.27. The lowest BCUT2D eigenvalue weighted by atomic mass is 9.71. The molecule has 0 spiro atoms. The second kappa shape index (κ2) is 9.24. The Balaban J connectivity index is 1.23. The molecule has 2 aromatic rings. The van der Waals surface area contributed by atoms with Crippen LogP contribution in [0.2, 0.25) is 0 Å². The van der Waals surface area contributed by atoms with E-state index in [0.717, 1.165) is 25.9 Å². The van der Waals surface area contributed by atoms with Crippen LogP contribution in [0.5, 0.6) is 0 Å². The van der Waals surface area contributed by atoms with E-state index >= 15 is 0 Å². The van der Waals surface area contributed by atoms with E-state index < -0.39 is 43.6 Å². The number of aromatic nitrogens is 1. The Bertz CT molecular complexity index is 1070. The third-order valence-corrected chi connectivity index (χ3v) is 8.51. The Morgan fingerprint density at radius 3 is 2.77 bits per heavy atom. The summed E-state index contributed by atoms with van der Waals surface area (Å²) >= 11 is 0. The fraction of sp³-hybridized carbons (Fsp3) is 0.615. The van der Waals surface area contributed by atoms with Gasteiger partial charge in [0.2, 0.25) is 0 Å². The molecule has 5 heterocycles. The number of nitrogens with one attached hydrogen (secondary N) is 1. The number of nitrogens with zero attached hydrogens (tertiary/aromatic N) is 1. The van der Waals surface area contributed by atoms with Gasteiger partial charge in [-0.1, -0.05) is 24.3 Å². The quantitative estimate of drug-likeness (QED) is 0.399. The predicted molar refractivity (Wildman–Crippen MR) is 126 cm³/mol. The van der Waals surface area contributed by atoms with Crippen molar-refractivity contribution in [2.75, 3.05) is 26.3 Å². The Labute approximate surface area is 203 Å². The summed E-state index contributed by atoms with van der Waals surface area (Å²) in [5, 5.41) is 41.5. The van der Waals surface area contributed by atoms with Gasteiger partial charge in [-0.2, -0.15) is 0 Å². The number of aromatic amines is 1. The third-order valence-electron chi connectivity index (χ3n) is 8.51. The number of benzene rings is 1. The lowest BCUT2D eigenvalue weighted by molar-refractivity contribution is -0.353. The molecule has 3 saturated heterocycles. The Morgan fingerprint density at radius 1 is 1.14 bits per heavy atom. The molecule has 10 atom stereocenters. The first-order chi connectivity index (χ1) is 17.0. The summed E-state index contributed by atoms with van der Waals surface area (Å²) in [6.07, 6.45) is -3.54. The molecule has 0 aliphatic carbocycles. The van der Waals surface area contributed by atoms with Crippen molar-refractivity contribution in [3.8, 4) is 0 Å². The van der Waals surface area contributed by atoms with E-state index in [-0.39, 0.29) is 17.9 Å². The van der Waals surface area contributed by atoms with E-state index in [2.05, 4.69) is 40.7 Å². The molecule has 4 aliphatic rings. The fourth-order valence-corrected chi connectivity index (χ4v) is 6.65. The largest absolute Gasteiger partial charge is 0.394 e. The molecule has 190 valence electrons. The highest BCUT2D eigenvalue weighted by atomic mass is 16.8. The van der Waals surface area contributed by atoms with E-state index in [0.29, 0.717) is 12.5 Å². The topological polar surface area (TPSA) is 128 Å². The normalized spacial score (nSPS) is 41.7. The molecule has 10 unspecified atom stereocenters. The molecule has 4 aliphatic heterocycles. The molecule has 5 N–H and O–H groups in total. The van der Waals surface area contributed by atoms with Crippen molar-refractivity contribution in [2.45, 2.75) is 55.9 Å². The smallest absolute Gasteiger partial charge is 0.189 e. The van der Waals surface area contributed by atoms with E-state index in [1.54, 1.807) is 0 Å². The molecule has 6 rings (SSSR count). The molecule has 35 heavy (non-hydrogen) atoms. The van der Waals surface area contributed by atoms with Gasteiger partial charge in [-0.15, -0.1) is 6.58 Å². The minimum absolute atomic E-state index is 0.141. The molecule has 9 heteroatoms. The van der Waals surface area contributed by atoms with Gasteiger partial charge in [0.1, 0.15) is 24.4 Å². The van der Waals surface area contributed by atoms with Gasteiger partial charge >= 0.3 is 0 Å². The van der Waals surface area contributed by atoms with Gasteiger partial charge in [0.05, 0.1) is 19.3 Å². The highest BCUT2D eigenvalue weighted by Gasteiger charge is 2.50. The summed E-state index contributed by atoms with van der Waals surface area (Å²) in [5.74, 6) is 0.447. The first-order valence-corrected chi connectivity index (χ1v) is 12.5. The number of piperidine rings is 1. The van der Waals surface area contributed by atoms with Crippen LogP contribution in [-0.2, 0) is 20.6 Å². The van der Waals surface area contributed by atoms with Crippen molar-refractivity contribution >= 4 is 10.9 Å². The molecular formula is C26H34N2O7. The van der Waals surface area contributed by atoms with Gasteiger partial charge in [0.15, 0.2) is 12.6 Å². The number of rotatable bonds is 4. The zero-order valence-corrected chi connectivity index (χ0v) is 19.6. The second-order valence-electron chi connectivity index (χ2n) is 10.3. The first-order valence-electron chi connectivity index (χ1n) is 12.5. The molecule has 0 saturated carbocycles. The van der Waals surface area contributed by atoms with E-state index in [1.807, 2.05) is 6.08 Å². The molecule has 0 amide bonds. The van der Waals surface area contributed by atoms with Crippen molar-refractivity contribution in [3.05, 3.63) is 48.2 Å². The summed E-state index contributed by atoms with van der Waals surface area (Å²) in [6, 6.07) is 8.76. The van der Waals surface area contributed by atoms with E-state index in [4.69, 9.17) is 14.2 Å². The lowest BCUT2D eigenvalue weighted by Crippen LogP contribution is -2.61. The summed E-state index contributed by atoms with van der Waals surface area (Å²) in [7, 11) is 0. The molecule has 1 aromatic carbocycles. The van der Waals surface area contributed by atoms with Crippen molar-refractivity contribution in [1.82, 2.24) is 9.88 Å².